The summed E-state index contributed by atoms with van der Waals surface area (Å²) in [6.45, 7) is 3.54. The molecule has 1 aliphatic rings. The van der Waals surface area contributed by atoms with E-state index in [0.717, 1.165) is 25.7 Å². The number of hydrogen-bond acceptors (Lipinski definition) is 3. The zero-order chi connectivity index (χ0) is 14.5. The first-order chi connectivity index (χ1) is 8.84. The molecular weight excluding hydrogens is 242 g/mol. The summed E-state index contributed by atoms with van der Waals surface area (Å²) in [6, 6.07) is 2.19. The first-order valence-electron chi connectivity index (χ1n) is 6.83. The molecule has 0 saturated heterocycles. The Bertz CT molecular complexity index is 388. The Balaban J connectivity index is 2.70. The van der Waals surface area contributed by atoms with Crippen molar-refractivity contribution >= 4 is 11.8 Å². The van der Waals surface area contributed by atoms with Crippen LogP contribution in [0.15, 0.2) is 0 Å². The van der Waals surface area contributed by atoms with Crippen molar-refractivity contribution in [2.24, 2.45) is 16.6 Å². The lowest BCUT2D eigenvalue weighted by Gasteiger charge is -2.27. The normalized spacial score (nSPS) is 19.0. The van der Waals surface area contributed by atoms with Gasteiger partial charge in [0.1, 0.15) is 5.41 Å². The SMILES string of the molecule is CC(C)(CNC(=O)C1(C#N)CCCCCC1)C(N)=O. The van der Waals surface area contributed by atoms with Crippen molar-refractivity contribution < 1.29 is 9.59 Å². The maximum absolute atomic E-state index is 12.3. The minimum atomic E-state index is -0.926. The van der Waals surface area contributed by atoms with Crippen molar-refractivity contribution in [3.63, 3.8) is 0 Å². The van der Waals surface area contributed by atoms with Crippen LogP contribution in [0.1, 0.15) is 52.4 Å². The zero-order valence-corrected chi connectivity index (χ0v) is 11.8. The maximum Gasteiger partial charge on any atom is 0.240 e. The highest BCUT2D eigenvalue weighted by atomic mass is 16.2. The molecule has 0 aromatic carbocycles. The summed E-state index contributed by atoms with van der Waals surface area (Å²) in [7, 11) is 0. The molecule has 1 aliphatic carbocycles. The Kier molecular flexibility index (Phi) is 4.93. The van der Waals surface area contributed by atoms with Gasteiger partial charge in [-0.2, -0.15) is 5.26 Å². The van der Waals surface area contributed by atoms with Crippen LogP contribution >= 0.6 is 0 Å². The van der Waals surface area contributed by atoms with Crippen LogP contribution in [0.3, 0.4) is 0 Å². The Morgan fingerprint density at radius 3 is 2.21 bits per heavy atom. The van der Waals surface area contributed by atoms with E-state index in [1.807, 2.05) is 0 Å². The van der Waals surface area contributed by atoms with Crippen LogP contribution in [-0.4, -0.2) is 18.4 Å². The summed E-state index contributed by atoms with van der Waals surface area (Å²) in [5.74, 6) is -0.717. The van der Waals surface area contributed by atoms with Gasteiger partial charge in [-0.3, -0.25) is 9.59 Å². The summed E-state index contributed by atoms with van der Waals surface area (Å²) in [5, 5.41) is 12.1. The third-order valence-corrected chi connectivity index (χ3v) is 3.96. The van der Waals surface area contributed by atoms with Crippen LogP contribution in [0.2, 0.25) is 0 Å². The molecule has 5 heteroatoms. The van der Waals surface area contributed by atoms with Crippen molar-refractivity contribution in [1.29, 1.82) is 5.26 Å². The number of primary amides is 1. The van der Waals surface area contributed by atoms with E-state index in [2.05, 4.69) is 11.4 Å². The molecule has 5 nitrogen and oxygen atoms in total. The third kappa shape index (κ3) is 3.69. The van der Waals surface area contributed by atoms with E-state index >= 15 is 0 Å². The molecule has 0 unspecified atom stereocenters. The molecule has 0 aromatic rings. The van der Waals surface area contributed by atoms with Crippen LogP contribution in [0.4, 0.5) is 0 Å². The molecule has 0 bridgehead atoms. The van der Waals surface area contributed by atoms with Crippen LogP contribution in [-0.2, 0) is 9.59 Å². The third-order valence-electron chi connectivity index (χ3n) is 3.96. The molecule has 1 saturated carbocycles. The van der Waals surface area contributed by atoms with Gasteiger partial charge >= 0.3 is 0 Å². The van der Waals surface area contributed by atoms with Gasteiger partial charge in [0.2, 0.25) is 11.8 Å². The molecule has 0 atom stereocenters. The molecule has 0 aromatic heterocycles. The van der Waals surface area contributed by atoms with Crippen LogP contribution in [0.25, 0.3) is 0 Å². The standard InChI is InChI=1S/C14H23N3O2/c1-13(2,11(16)18)10-17-12(19)14(9-15)7-5-3-4-6-8-14/h3-8,10H2,1-2H3,(H2,16,18)(H,17,19). The summed E-state index contributed by atoms with van der Waals surface area (Å²) >= 11 is 0. The van der Waals surface area contributed by atoms with Gasteiger partial charge in [-0.15, -0.1) is 0 Å². The van der Waals surface area contributed by atoms with Gasteiger partial charge in [0, 0.05) is 6.54 Å². The predicted octanol–water partition coefficient (Wildman–Crippen LogP) is 1.48. The van der Waals surface area contributed by atoms with E-state index in [9.17, 15) is 14.9 Å². The monoisotopic (exact) mass is 265 g/mol. The predicted molar refractivity (Wildman–Crippen MR) is 71.7 cm³/mol. The lowest BCUT2D eigenvalue weighted by Crippen LogP contribution is -2.47. The quantitative estimate of drug-likeness (QED) is 0.753. The molecular formula is C14H23N3O2. The second-order valence-electron chi connectivity index (χ2n) is 6.04. The smallest absolute Gasteiger partial charge is 0.240 e. The summed E-state index contributed by atoms with van der Waals surface area (Å²) in [4.78, 5) is 23.5. The van der Waals surface area contributed by atoms with Crippen molar-refractivity contribution in [3.8, 4) is 6.07 Å². The van der Waals surface area contributed by atoms with Crippen molar-refractivity contribution in [3.05, 3.63) is 0 Å². The van der Waals surface area contributed by atoms with Crippen LogP contribution < -0.4 is 11.1 Å². The van der Waals surface area contributed by atoms with Gasteiger partial charge in [0.15, 0.2) is 0 Å². The second kappa shape index (κ2) is 6.05. The number of amides is 2. The number of carbonyl (C=O) groups excluding carboxylic acids is 2. The van der Waals surface area contributed by atoms with E-state index in [1.54, 1.807) is 13.8 Å². The fourth-order valence-corrected chi connectivity index (χ4v) is 2.28. The molecule has 0 spiro atoms. The van der Waals surface area contributed by atoms with Crippen molar-refractivity contribution in [1.82, 2.24) is 5.32 Å². The Labute approximate surface area is 114 Å². The highest BCUT2D eigenvalue weighted by Crippen LogP contribution is 2.34. The van der Waals surface area contributed by atoms with Crippen molar-refractivity contribution in [2.75, 3.05) is 6.54 Å². The van der Waals surface area contributed by atoms with E-state index < -0.39 is 16.7 Å². The van der Waals surface area contributed by atoms with Gasteiger partial charge in [0.05, 0.1) is 11.5 Å². The number of rotatable bonds is 4. The van der Waals surface area contributed by atoms with E-state index in [1.165, 1.54) is 0 Å². The Hall–Kier alpha value is -1.57. The Morgan fingerprint density at radius 2 is 1.79 bits per heavy atom. The Morgan fingerprint density at radius 1 is 1.26 bits per heavy atom. The maximum atomic E-state index is 12.3. The van der Waals surface area contributed by atoms with E-state index in [4.69, 9.17) is 5.73 Å². The molecule has 0 aliphatic heterocycles. The topological polar surface area (TPSA) is 96.0 Å². The number of hydrogen-bond donors (Lipinski definition) is 2. The highest BCUT2D eigenvalue weighted by molar-refractivity contribution is 5.86. The van der Waals surface area contributed by atoms with Gasteiger partial charge in [-0.1, -0.05) is 25.7 Å². The fraction of sp³-hybridized carbons (Fsp3) is 0.786. The summed E-state index contributed by atoms with van der Waals surface area (Å²) in [6.07, 6.45) is 5.16. The lowest BCUT2D eigenvalue weighted by molar-refractivity contribution is -0.130. The summed E-state index contributed by atoms with van der Waals surface area (Å²) in [5.41, 5.74) is 3.55. The molecule has 106 valence electrons. The zero-order valence-electron chi connectivity index (χ0n) is 11.8. The molecule has 1 rings (SSSR count). The molecule has 2 amide bonds. The average molecular weight is 265 g/mol. The highest BCUT2D eigenvalue weighted by Gasteiger charge is 2.39. The first-order valence-corrected chi connectivity index (χ1v) is 6.83. The second-order valence-corrected chi connectivity index (χ2v) is 6.04. The molecule has 0 heterocycles. The van der Waals surface area contributed by atoms with Gasteiger partial charge in [-0.25, -0.2) is 0 Å². The number of nitrogens with two attached hydrogens (primary N) is 1. The number of nitrogens with one attached hydrogen (secondary N) is 1. The van der Waals surface area contributed by atoms with Crippen molar-refractivity contribution in [2.45, 2.75) is 52.4 Å². The number of nitriles is 1. The number of nitrogens with zero attached hydrogens (tertiary/aromatic N) is 1. The first kappa shape index (κ1) is 15.5. The average Bonchev–Trinajstić information content (AvgIpc) is 2.62. The molecule has 3 N–H and O–H groups in total. The van der Waals surface area contributed by atoms with E-state index in [0.29, 0.717) is 12.8 Å². The largest absolute Gasteiger partial charge is 0.369 e. The van der Waals surface area contributed by atoms with E-state index in [-0.39, 0.29) is 12.5 Å². The molecule has 0 radical (unpaired) electrons. The van der Waals surface area contributed by atoms with Crippen LogP contribution in [0, 0.1) is 22.2 Å². The number of carbonyl (C=O) groups is 2. The molecule has 19 heavy (non-hydrogen) atoms. The van der Waals surface area contributed by atoms with Gasteiger partial charge in [-0.05, 0) is 26.7 Å². The van der Waals surface area contributed by atoms with Gasteiger partial charge < -0.3 is 11.1 Å². The lowest BCUT2D eigenvalue weighted by atomic mass is 9.80. The van der Waals surface area contributed by atoms with Crippen LogP contribution in [0.5, 0.6) is 0 Å². The minimum absolute atomic E-state index is 0.171. The summed E-state index contributed by atoms with van der Waals surface area (Å²) < 4.78 is 0. The molecule has 1 fully saturated rings. The van der Waals surface area contributed by atoms with Gasteiger partial charge in [0.25, 0.3) is 0 Å². The minimum Gasteiger partial charge on any atom is -0.369 e. The fourth-order valence-electron chi connectivity index (χ4n) is 2.28.